The molecule has 0 unspecified atom stereocenters. The zero-order valence-electron chi connectivity index (χ0n) is 19.9. The zero-order chi connectivity index (χ0) is 20.4. The van der Waals surface area contributed by atoms with Crippen molar-refractivity contribution in [3.63, 3.8) is 0 Å². The van der Waals surface area contributed by atoms with Crippen LogP contribution < -0.4 is 24.0 Å². The fraction of sp³-hybridized carbons (Fsp3) is 1.00. The van der Waals surface area contributed by atoms with Gasteiger partial charge in [0.2, 0.25) is 0 Å². The fourth-order valence-electron chi connectivity index (χ4n) is 3.77. The van der Waals surface area contributed by atoms with E-state index in [1.807, 2.05) is 0 Å². The molecule has 0 bridgehead atoms. The molecule has 0 aromatic rings. The predicted molar refractivity (Wildman–Crippen MR) is 119 cm³/mol. The minimum Gasteiger partial charge on any atom is -1.00 e. The van der Waals surface area contributed by atoms with Crippen LogP contribution in [0.25, 0.3) is 0 Å². The Morgan fingerprint density at radius 2 is 0.929 bits per heavy atom. The molecular formula is C22H50INO3Si. The molecule has 0 radical (unpaired) electrons. The summed E-state index contributed by atoms with van der Waals surface area (Å²) >= 11 is 0. The summed E-state index contributed by atoms with van der Waals surface area (Å²) in [6.07, 6.45) is 18.1. The molecule has 0 saturated carbocycles. The fourth-order valence-corrected chi connectivity index (χ4v) is 5.48. The van der Waals surface area contributed by atoms with Gasteiger partial charge >= 0.3 is 8.80 Å². The molecule has 0 N–H and O–H groups in total. The second kappa shape index (κ2) is 19.7. The van der Waals surface area contributed by atoms with E-state index < -0.39 is 8.80 Å². The van der Waals surface area contributed by atoms with Gasteiger partial charge in [-0.25, -0.2) is 0 Å². The van der Waals surface area contributed by atoms with E-state index in [2.05, 4.69) is 21.0 Å². The summed E-state index contributed by atoms with van der Waals surface area (Å²) in [5, 5.41) is 0. The highest BCUT2D eigenvalue weighted by Gasteiger charge is 2.37. The molecule has 172 valence electrons. The first-order chi connectivity index (χ1) is 12.9. The lowest BCUT2D eigenvalue weighted by Crippen LogP contribution is -3.00. The van der Waals surface area contributed by atoms with E-state index in [0.717, 1.165) is 23.5 Å². The molecule has 28 heavy (non-hydrogen) atoms. The molecular weight excluding hydrogens is 481 g/mol. The van der Waals surface area contributed by atoms with Crippen LogP contribution in [0.3, 0.4) is 0 Å². The molecule has 0 amide bonds. The SMILES string of the molecule is CCCCCCCCCCCCCC[N+](C)(C)CCC[Si](OC)(OC)OC.[I-]. The van der Waals surface area contributed by atoms with Crippen molar-refractivity contribution in [1.29, 1.82) is 0 Å². The maximum atomic E-state index is 5.52. The second-order valence-corrected chi connectivity index (χ2v) is 11.8. The molecule has 0 rings (SSSR count). The summed E-state index contributed by atoms with van der Waals surface area (Å²) in [5.74, 6) is 0. The van der Waals surface area contributed by atoms with Crippen LogP contribution in [0.2, 0.25) is 6.04 Å². The van der Waals surface area contributed by atoms with Crippen LogP contribution in [0, 0.1) is 0 Å². The van der Waals surface area contributed by atoms with Crippen molar-refractivity contribution < 1.29 is 41.7 Å². The average molecular weight is 532 g/mol. The van der Waals surface area contributed by atoms with Crippen molar-refractivity contribution in [3.8, 4) is 0 Å². The number of rotatable bonds is 20. The average Bonchev–Trinajstić information content (AvgIpc) is 2.66. The van der Waals surface area contributed by atoms with Crippen LogP contribution >= 0.6 is 0 Å². The molecule has 0 aliphatic rings. The van der Waals surface area contributed by atoms with Gasteiger partial charge in [0.05, 0.1) is 27.2 Å². The number of nitrogens with zero attached hydrogens (tertiary/aromatic N) is 1. The van der Waals surface area contributed by atoms with E-state index in [1.54, 1.807) is 21.3 Å². The first kappa shape index (κ1) is 31.0. The Kier molecular flexibility index (Phi) is 21.8. The van der Waals surface area contributed by atoms with Gasteiger partial charge in [0.15, 0.2) is 0 Å². The third kappa shape index (κ3) is 16.6. The molecule has 0 heterocycles. The normalized spacial score (nSPS) is 12.2. The van der Waals surface area contributed by atoms with Crippen molar-refractivity contribution in [1.82, 2.24) is 0 Å². The maximum absolute atomic E-state index is 5.52. The van der Waals surface area contributed by atoms with Crippen LogP contribution in [0.4, 0.5) is 0 Å². The largest absolute Gasteiger partial charge is 1.00 e. The van der Waals surface area contributed by atoms with Gasteiger partial charge in [0, 0.05) is 33.8 Å². The Labute approximate surface area is 195 Å². The zero-order valence-corrected chi connectivity index (χ0v) is 23.0. The number of halogens is 1. The minimum atomic E-state index is -2.40. The predicted octanol–water partition coefficient (Wildman–Crippen LogP) is 3.04. The molecule has 0 aromatic carbocycles. The Bertz CT molecular complexity index is 321. The van der Waals surface area contributed by atoms with Crippen molar-refractivity contribution in [2.24, 2.45) is 0 Å². The highest BCUT2D eigenvalue weighted by atomic mass is 127. The highest BCUT2D eigenvalue weighted by molar-refractivity contribution is 6.60. The quantitative estimate of drug-likeness (QED) is 0.105. The summed E-state index contributed by atoms with van der Waals surface area (Å²) in [7, 11) is 7.39. The second-order valence-electron chi connectivity index (χ2n) is 8.67. The molecule has 0 spiro atoms. The van der Waals surface area contributed by atoms with E-state index >= 15 is 0 Å². The number of hydrogen-bond donors (Lipinski definition) is 0. The van der Waals surface area contributed by atoms with Crippen LogP contribution in [-0.4, -0.2) is 61.8 Å². The van der Waals surface area contributed by atoms with Crippen molar-refractivity contribution in [2.75, 3.05) is 48.5 Å². The van der Waals surface area contributed by atoms with E-state index in [9.17, 15) is 0 Å². The van der Waals surface area contributed by atoms with Crippen LogP contribution in [0.15, 0.2) is 0 Å². The van der Waals surface area contributed by atoms with E-state index in [0.29, 0.717) is 0 Å². The Hall–Kier alpha value is 0.787. The lowest BCUT2D eigenvalue weighted by molar-refractivity contribution is -0.890. The Morgan fingerprint density at radius 3 is 1.32 bits per heavy atom. The molecule has 6 heteroatoms. The molecule has 4 nitrogen and oxygen atoms in total. The van der Waals surface area contributed by atoms with Gasteiger partial charge in [-0.1, -0.05) is 71.1 Å². The summed E-state index contributed by atoms with van der Waals surface area (Å²) in [6.45, 7) is 4.71. The Balaban J connectivity index is 0. The number of unbranched alkanes of at least 4 members (excludes halogenated alkanes) is 11. The van der Waals surface area contributed by atoms with Crippen LogP contribution in [-0.2, 0) is 13.3 Å². The lowest BCUT2D eigenvalue weighted by atomic mass is 10.1. The van der Waals surface area contributed by atoms with Gasteiger partial charge in [0.1, 0.15) is 0 Å². The molecule has 0 aliphatic heterocycles. The number of quaternary nitrogens is 1. The monoisotopic (exact) mass is 531 g/mol. The van der Waals surface area contributed by atoms with Gasteiger partial charge in [-0.05, 0) is 12.8 Å². The van der Waals surface area contributed by atoms with Crippen molar-refractivity contribution in [3.05, 3.63) is 0 Å². The topological polar surface area (TPSA) is 27.7 Å². The standard InChI is InChI=1S/C22H50NO3Si.HI/c1-7-8-9-10-11-12-13-14-15-16-17-18-20-23(2,3)21-19-22-27(24-4,25-5)26-6;/h7-22H2,1-6H3;1H/q+1;/p-1. The third-order valence-corrected chi connectivity index (χ3v) is 8.63. The summed E-state index contributed by atoms with van der Waals surface area (Å²) < 4.78 is 17.6. The van der Waals surface area contributed by atoms with Gasteiger partial charge in [-0.15, -0.1) is 0 Å². The third-order valence-electron chi connectivity index (χ3n) is 5.80. The molecule has 0 saturated heterocycles. The minimum absolute atomic E-state index is 0. The first-order valence-electron chi connectivity index (χ1n) is 11.4. The van der Waals surface area contributed by atoms with Gasteiger partial charge in [-0.3, -0.25) is 0 Å². The van der Waals surface area contributed by atoms with E-state index in [4.69, 9.17) is 13.3 Å². The maximum Gasteiger partial charge on any atom is 0.500 e. The van der Waals surface area contributed by atoms with Crippen LogP contribution in [0.1, 0.15) is 90.4 Å². The van der Waals surface area contributed by atoms with E-state index in [-0.39, 0.29) is 24.0 Å². The van der Waals surface area contributed by atoms with Gasteiger partial charge < -0.3 is 41.7 Å². The highest BCUT2D eigenvalue weighted by Crippen LogP contribution is 2.17. The van der Waals surface area contributed by atoms with Gasteiger partial charge in [0.25, 0.3) is 0 Å². The smallest absolute Gasteiger partial charge is 0.500 e. The summed E-state index contributed by atoms with van der Waals surface area (Å²) in [4.78, 5) is 0. The van der Waals surface area contributed by atoms with Crippen molar-refractivity contribution >= 4 is 8.80 Å². The van der Waals surface area contributed by atoms with E-state index in [1.165, 1.54) is 83.6 Å². The van der Waals surface area contributed by atoms with Crippen molar-refractivity contribution in [2.45, 2.75) is 96.4 Å². The first-order valence-corrected chi connectivity index (χ1v) is 13.4. The van der Waals surface area contributed by atoms with Gasteiger partial charge in [-0.2, -0.15) is 0 Å². The molecule has 0 fully saturated rings. The lowest BCUT2D eigenvalue weighted by Gasteiger charge is -2.31. The number of hydrogen-bond acceptors (Lipinski definition) is 3. The molecule has 0 aromatic heterocycles. The molecule has 0 atom stereocenters. The summed E-state index contributed by atoms with van der Waals surface area (Å²) in [5.41, 5.74) is 0. The Morgan fingerprint density at radius 1 is 0.571 bits per heavy atom. The summed E-state index contributed by atoms with van der Waals surface area (Å²) in [6, 6.07) is 0.899. The van der Waals surface area contributed by atoms with Crippen LogP contribution in [0.5, 0.6) is 0 Å². The molecule has 0 aliphatic carbocycles.